The van der Waals surface area contributed by atoms with E-state index in [0.29, 0.717) is 27.9 Å². The maximum absolute atomic E-state index is 13.0. The predicted octanol–water partition coefficient (Wildman–Crippen LogP) is 4.40. The Morgan fingerprint density at radius 3 is 2.82 bits per heavy atom. The second-order valence-corrected chi connectivity index (χ2v) is 9.02. The van der Waals surface area contributed by atoms with E-state index in [2.05, 4.69) is 26.1 Å². The van der Waals surface area contributed by atoms with Gasteiger partial charge in [0, 0.05) is 12.1 Å². The lowest BCUT2D eigenvalue weighted by molar-refractivity contribution is -0.120. The zero-order valence-electron chi connectivity index (χ0n) is 17.3. The van der Waals surface area contributed by atoms with Gasteiger partial charge in [-0.25, -0.2) is 4.98 Å². The van der Waals surface area contributed by atoms with Crippen molar-refractivity contribution in [2.75, 3.05) is 5.75 Å². The maximum Gasteiger partial charge on any atom is 0.262 e. The number of amides is 1. The number of nitrogens with one attached hydrogen (secondary N) is 1. The molecule has 5 nitrogen and oxygen atoms in total. The summed E-state index contributed by atoms with van der Waals surface area (Å²) in [5.41, 5.74) is 0.655. The van der Waals surface area contributed by atoms with Crippen LogP contribution in [0.4, 0.5) is 0 Å². The van der Waals surface area contributed by atoms with Gasteiger partial charge in [0.05, 0.1) is 16.7 Å². The van der Waals surface area contributed by atoms with Crippen molar-refractivity contribution in [1.82, 2.24) is 14.9 Å². The second kappa shape index (κ2) is 9.12. The van der Waals surface area contributed by atoms with E-state index < -0.39 is 0 Å². The third-order valence-electron chi connectivity index (χ3n) is 6.19. The Balaban J connectivity index is 1.78. The third-order valence-corrected chi connectivity index (χ3v) is 7.15. The van der Waals surface area contributed by atoms with Gasteiger partial charge in [-0.2, -0.15) is 0 Å². The molecular weight excluding hydrogens is 370 g/mol. The zero-order valence-corrected chi connectivity index (χ0v) is 18.1. The van der Waals surface area contributed by atoms with E-state index in [1.165, 1.54) is 24.6 Å². The van der Waals surface area contributed by atoms with E-state index in [4.69, 9.17) is 4.98 Å². The van der Waals surface area contributed by atoms with Crippen LogP contribution in [0, 0.1) is 11.8 Å². The molecule has 152 valence electrons. The first kappa shape index (κ1) is 20.9. The molecule has 1 saturated carbocycles. The largest absolute Gasteiger partial charge is 0.352 e. The summed E-state index contributed by atoms with van der Waals surface area (Å²) >= 11 is 1.36. The number of nitrogens with zero attached hydrogens (tertiary/aromatic N) is 2. The van der Waals surface area contributed by atoms with Crippen LogP contribution in [0.2, 0.25) is 0 Å². The topological polar surface area (TPSA) is 64.0 Å². The van der Waals surface area contributed by atoms with Crippen LogP contribution in [-0.2, 0) is 4.79 Å². The van der Waals surface area contributed by atoms with Gasteiger partial charge in [-0.1, -0.05) is 57.5 Å². The van der Waals surface area contributed by atoms with Crippen molar-refractivity contribution < 1.29 is 4.79 Å². The summed E-state index contributed by atoms with van der Waals surface area (Å²) in [5.74, 6) is 1.44. The predicted molar refractivity (Wildman–Crippen MR) is 116 cm³/mol. The number of hydrogen-bond acceptors (Lipinski definition) is 4. The van der Waals surface area contributed by atoms with Crippen LogP contribution in [0.15, 0.2) is 34.2 Å². The van der Waals surface area contributed by atoms with Gasteiger partial charge in [0.25, 0.3) is 5.56 Å². The number of thioether (sulfide) groups is 1. The molecule has 0 spiro atoms. The minimum atomic E-state index is -0.0300. The minimum absolute atomic E-state index is 0.0223. The number of carbonyl (C=O) groups is 1. The summed E-state index contributed by atoms with van der Waals surface area (Å²) in [6.07, 6.45) is 4.29. The number of aromatic nitrogens is 2. The normalized spacial score (nSPS) is 23.5. The third kappa shape index (κ3) is 4.43. The fourth-order valence-corrected chi connectivity index (χ4v) is 4.87. The molecule has 4 atom stereocenters. The molecule has 0 saturated heterocycles. The molecule has 4 unspecified atom stereocenters. The van der Waals surface area contributed by atoms with Crippen LogP contribution in [-0.4, -0.2) is 27.3 Å². The van der Waals surface area contributed by atoms with Gasteiger partial charge in [0.15, 0.2) is 5.16 Å². The molecule has 0 aliphatic heterocycles. The first-order valence-corrected chi connectivity index (χ1v) is 11.3. The van der Waals surface area contributed by atoms with Gasteiger partial charge < -0.3 is 5.32 Å². The first-order chi connectivity index (χ1) is 13.4. The van der Waals surface area contributed by atoms with Gasteiger partial charge in [-0.3, -0.25) is 14.2 Å². The van der Waals surface area contributed by atoms with Crippen molar-refractivity contribution in [3.8, 4) is 0 Å². The van der Waals surface area contributed by atoms with Crippen molar-refractivity contribution in [1.29, 1.82) is 0 Å². The van der Waals surface area contributed by atoms with Gasteiger partial charge in [0.1, 0.15) is 0 Å². The molecular formula is C22H31N3O2S. The first-order valence-electron chi connectivity index (χ1n) is 10.4. The number of rotatable bonds is 6. The quantitative estimate of drug-likeness (QED) is 0.576. The lowest BCUT2D eigenvalue weighted by Gasteiger charge is -2.34. The molecule has 1 fully saturated rings. The van der Waals surface area contributed by atoms with Crippen molar-refractivity contribution in [3.63, 3.8) is 0 Å². The Kier molecular flexibility index (Phi) is 6.81. The summed E-state index contributed by atoms with van der Waals surface area (Å²) < 4.78 is 1.74. The molecule has 1 N–H and O–H groups in total. The van der Waals surface area contributed by atoms with Crippen molar-refractivity contribution in [2.24, 2.45) is 11.8 Å². The SMILES string of the molecule is CCC(C)n1c(SCC(=O)NC2CCCC(C)C2C)nc2ccccc2c1=O. The Bertz CT molecular complexity index is 895. The van der Waals surface area contributed by atoms with Gasteiger partial charge in [0.2, 0.25) is 5.91 Å². The zero-order chi connectivity index (χ0) is 20.3. The van der Waals surface area contributed by atoms with Crippen molar-refractivity contribution in [3.05, 3.63) is 34.6 Å². The van der Waals surface area contributed by atoms with E-state index >= 15 is 0 Å². The Morgan fingerprint density at radius 2 is 2.07 bits per heavy atom. The molecule has 6 heteroatoms. The van der Waals surface area contributed by atoms with Crippen LogP contribution in [0.25, 0.3) is 10.9 Å². The number of carbonyl (C=O) groups excluding carboxylic acids is 1. The smallest absolute Gasteiger partial charge is 0.262 e. The highest BCUT2D eigenvalue weighted by atomic mass is 32.2. The van der Waals surface area contributed by atoms with Gasteiger partial charge in [-0.15, -0.1) is 0 Å². The summed E-state index contributed by atoms with van der Waals surface area (Å²) in [6.45, 7) is 8.57. The van der Waals surface area contributed by atoms with E-state index in [1.807, 2.05) is 31.2 Å². The van der Waals surface area contributed by atoms with E-state index in [0.717, 1.165) is 12.8 Å². The molecule has 1 aromatic heterocycles. The lowest BCUT2D eigenvalue weighted by Crippen LogP contribution is -2.44. The highest BCUT2D eigenvalue weighted by Crippen LogP contribution is 2.29. The molecule has 1 amide bonds. The average molecular weight is 402 g/mol. The van der Waals surface area contributed by atoms with Crippen molar-refractivity contribution >= 4 is 28.6 Å². The van der Waals surface area contributed by atoms with Crippen LogP contribution in [0.5, 0.6) is 0 Å². The summed E-state index contributed by atoms with van der Waals surface area (Å²) in [7, 11) is 0. The lowest BCUT2D eigenvalue weighted by atomic mass is 9.78. The van der Waals surface area contributed by atoms with Gasteiger partial charge >= 0.3 is 0 Å². The van der Waals surface area contributed by atoms with E-state index in [1.54, 1.807) is 4.57 Å². The summed E-state index contributed by atoms with van der Waals surface area (Å²) in [6, 6.07) is 7.70. The van der Waals surface area contributed by atoms with Crippen molar-refractivity contribution in [2.45, 2.75) is 70.6 Å². The molecule has 2 aromatic rings. The maximum atomic E-state index is 13.0. The number of fused-ring (bicyclic) bond motifs is 1. The Morgan fingerprint density at radius 1 is 1.32 bits per heavy atom. The Labute approximate surface area is 171 Å². The van der Waals surface area contributed by atoms with Crippen LogP contribution >= 0.6 is 11.8 Å². The van der Waals surface area contributed by atoms with Crippen LogP contribution in [0.3, 0.4) is 0 Å². The molecule has 1 aliphatic rings. The van der Waals surface area contributed by atoms with Gasteiger partial charge in [-0.05, 0) is 43.7 Å². The number of benzene rings is 1. The Hall–Kier alpha value is -1.82. The highest BCUT2D eigenvalue weighted by molar-refractivity contribution is 7.99. The molecule has 1 heterocycles. The molecule has 28 heavy (non-hydrogen) atoms. The molecule has 0 bridgehead atoms. The molecule has 1 aliphatic carbocycles. The summed E-state index contributed by atoms with van der Waals surface area (Å²) in [5, 5.41) is 4.46. The molecule has 0 radical (unpaired) electrons. The summed E-state index contributed by atoms with van der Waals surface area (Å²) in [4.78, 5) is 30.3. The standard InChI is InChI=1S/C22H31N3O2S/c1-5-15(3)25-21(27)17-10-6-7-11-19(17)24-22(25)28-13-20(26)23-18-12-8-9-14(2)16(18)4/h6-7,10-11,14-16,18H,5,8-9,12-13H2,1-4H3,(H,23,26). The van der Waals surface area contributed by atoms with Crippen LogP contribution < -0.4 is 10.9 Å². The van der Waals surface area contributed by atoms with E-state index in [9.17, 15) is 9.59 Å². The number of para-hydroxylation sites is 1. The second-order valence-electron chi connectivity index (χ2n) is 8.07. The van der Waals surface area contributed by atoms with Crippen LogP contribution in [0.1, 0.15) is 59.4 Å². The minimum Gasteiger partial charge on any atom is -0.352 e. The fraction of sp³-hybridized carbons (Fsp3) is 0.591. The highest BCUT2D eigenvalue weighted by Gasteiger charge is 2.28. The fourth-order valence-electron chi connectivity index (χ4n) is 3.96. The molecule has 3 rings (SSSR count). The van der Waals surface area contributed by atoms with E-state index in [-0.39, 0.29) is 29.3 Å². The molecule has 1 aromatic carbocycles. The number of hydrogen-bond donors (Lipinski definition) is 1. The monoisotopic (exact) mass is 401 g/mol. The average Bonchev–Trinajstić information content (AvgIpc) is 2.69.